The minimum absolute atomic E-state index is 0.270. The summed E-state index contributed by atoms with van der Waals surface area (Å²) in [5.41, 5.74) is 0. The molecule has 2 heteroatoms. The molecule has 0 saturated carbocycles. The maximum Gasteiger partial charge on any atom is 0.143 e. The van der Waals surface area contributed by atoms with Gasteiger partial charge in [-0.3, -0.25) is 9.69 Å². The first-order chi connectivity index (χ1) is 5.20. The molecule has 0 aromatic heterocycles. The van der Waals surface area contributed by atoms with Crippen molar-refractivity contribution in [2.24, 2.45) is 0 Å². The Hall–Kier alpha value is -0.370. The van der Waals surface area contributed by atoms with Gasteiger partial charge in [-0.2, -0.15) is 0 Å². The van der Waals surface area contributed by atoms with Gasteiger partial charge in [0.15, 0.2) is 0 Å². The van der Waals surface area contributed by atoms with Gasteiger partial charge in [-0.1, -0.05) is 13.8 Å². The molecule has 0 spiro atoms. The predicted octanol–water partition coefficient (Wildman–Crippen LogP) is 1.70. The van der Waals surface area contributed by atoms with Gasteiger partial charge in [0.1, 0.15) is 5.78 Å². The summed E-state index contributed by atoms with van der Waals surface area (Å²) < 4.78 is 0. The number of rotatable bonds is 6. The summed E-state index contributed by atoms with van der Waals surface area (Å²) >= 11 is 0. The second-order valence-corrected chi connectivity index (χ2v) is 2.98. The molecule has 0 unspecified atom stereocenters. The van der Waals surface area contributed by atoms with E-state index in [1.807, 2.05) is 0 Å². The Morgan fingerprint density at radius 2 is 1.64 bits per heavy atom. The smallest absolute Gasteiger partial charge is 0.143 e. The lowest BCUT2D eigenvalue weighted by molar-refractivity contribution is -0.118. The Morgan fingerprint density at radius 3 is 1.91 bits per heavy atom. The molecule has 0 radical (unpaired) electrons. The van der Waals surface area contributed by atoms with Gasteiger partial charge in [0.25, 0.3) is 0 Å². The molecule has 0 atom stereocenters. The molecule has 0 aliphatic carbocycles. The van der Waals surface area contributed by atoms with Crippen molar-refractivity contribution in [2.45, 2.75) is 33.6 Å². The predicted molar refractivity (Wildman–Crippen MR) is 47.7 cm³/mol. The molecule has 0 aliphatic rings. The van der Waals surface area contributed by atoms with Crippen LogP contribution in [0.3, 0.4) is 0 Å². The van der Waals surface area contributed by atoms with Gasteiger partial charge in [0.2, 0.25) is 0 Å². The van der Waals surface area contributed by atoms with Gasteiger partial charge in [0, 0.05) is 0 Å². The van der Waals surface area contributed by atoms with Gasteiger partial charge >= 0.3 is 0 Å². The van der Waals surface area contributed by atoms with Crippen molar-refractivity contribution in [3.63, 3.8) is 0 Å². The Labute approximate surface area is 69.6 Å². The Balaban J connectivity index is 3.59. The van der Waals surface area contributed by atoms with Gasteiger partial charge < -0.3 is 0 Å². The molecule has 0 aromatic carbocycles. The van der Waals surface area contributed by atoms with E-state index in [0.29, 0.717) is 6.54 Å². The molecule has 0 bridgehead atoms. The van der Waals surface area contributed by atoms with Crippen LogP contribution in [0.5, 0.6) is 0 Å². The fourth-order valence-electron chi connectivity index (χ4n) is 1.22. The van der Waals surface area contributed by atoms with Crippen LogP contribution in [0.2, 0.25) is 0 Å². The Kier molecular flexibility index (Phi) is 6.13. The second-order valence-electron chi connectivity index (χ2n) is 2.98. The molecule has 0 aliphatic heterocycles. The lowest BCUT2D eigenvalue weighted by Crippen LogP contribution is -2.30. The summed E-state index contributed by atoms with van der Waals surface area (Å²) in [4.78, 5) is 13.0. The molecule has 66 valence electrons. The van der Waals surface area contributed by atoms with Gasteiger partial charge in [-0.25, -0.2) is 0 Å². The number of hydrogen-bond acceptors (Lipinski definition) is 2. The van der Waals surface area contributed by atoms with Gasteiger partial charge in [-0.15, -0.1) is 0 Å². The number of ketones is 1. The molecule has 2 nitrogen and oxygen atoms in total. The zero-order chi connectivity index (χ0) is 8.69. The van der Waals surface area contributed by atoms with Crippen LogP contribution in [0.25, 0.3) is 0 Å². The highest BCUT2D eigenvalue weighted by atomic mass is 18.1. The van der Waals surface area contributed by atoms with Crippen molar-refractivity contribution in [3.05, 3.63) is 0 Å². The van der Waals surface area contributed by atoms with Crippen molar-refractivity contribution in [1.82, 2.24) is 4.90 Å². The van der Waals surface area contributed by atoms with Crippen LogP contribution < -0.4 is 0 Å². The summed E-state index contributed by atoms with van der Waals surface area (Å²) in [6, 6.07) is 0. The number of Topliss-reactive ketones (excluding diaryl/α,β-unsaturated/α-hetero) is 1. The molecule has 0 saturated heterocycles. The molecular formula is C9H19NO. The molecular weight excluding hydrogens is 141 g/mol. The zero-order valence-electron chi connectivity index (χ0n) is 7.89. The Morgan fingerprint density at radius 1 is 1.18 bits per heavy atom. The fraction of sp³-hybridized carbons (Fsp3) is 0.889. The van der Waals surface area contributed by atoms with Crippen molar-refractivity contribution in [2.75, 3.05) is 19.6 Å². The first-order valence-electron chi connectivity index (χ1n) is 4.42. The highest BCUT2D eigenvalue weighted by molar-refractivity contribution is 5.77. The summed E-state index contributed by atoms with van der Waals surface area (Å²) in [6.45, 7) is 8.66. The van der Waals surface area contributed by atoms with E-state index in [0.717, 1.165) is 25.9 Å². The zero-order valence-corrected chi connectivity index (χ0v) is 7.89. The topological polar surface area (TPSA) is 20.3 Å². The Bertz CT molecular complexity index is 106. The molecule has 0 rings (SSSR count). The third kappa shape index (κ3) is 6.05. The highest BCUT2D eigenvalue weighted by Gasteiger charge is 2.03. The standard InChI is InChI=1S/C9H19NO/c1-4-6-10(7-5-2)8-9(3)11/h4-8H2,1-3H3/i8+1,11+2. The number of nitrogens with zero attached hydrogens (tertiary/aromatic N) is 1. The normalized spacial score (nSPS) is 10.5. The van der Waals surface area contributed by atoms with E-state index in [1.165, 1.54) is 0 Å². The quantitative estimate of drug-likeness (QED) is 0.435. The maximum atomic E-state index is 10.8. The fourth-order valence-corrected chi connectivity index (χ4v) is 1.22. The lowest BCUT2D eigenvalue weighted by atomic mass is 10.4. The first kappa shape index (κ1) is 10.6. The minimum atomic E-state index is 0.270. The average molecular weight is 160 g/mol. The summed E-state index contributed by atoms with van der Waals surface area (Å²) in [5, 5.41) is 0. The van der Waals surface area contributed by atoms with Crippen molar-refractivity contribution in [3.8, 4) is 0 Å². The van der Waals surface area contributed by atoms with E-state index in [1.54, 1.807) is 6.92 Å². The molecule has 0 aromatic rings. The van der Waals surface area contributed by atoms with Crippen LogP contribution in [0, 0.1) is 0 Å². The van der Waals surface area contributed by atoms with E-state index >= 15 is 0 Å². The van der Waals surface area contributed by atoms with Crippen molar-refractivity contribution >= 4 is 5.78 Å². The van der Waals surface area contributed by atoms with Crippen LogP contribution in [0.1, 0.15) is 33.6 Å². The van der Waals surface area contributed by atoms with Crippen molar-refractivity contribution < 1.29 is 4.79 Å². The van der Waals surface area contributed by atoms with E-state index in [4.69, 9.17) is 0 Å². The molecule has 0 heterocycles. The molecule has 0 fully saturated rings. The van der Waals surface area contributed by atoms with Crippen LogP contribution in [-0.2, 0) is 4.79 Å². The summed E-state index contributed by atoms with van der Waals surface area (Å²) in [5.74, 6) is 0.270. The third-order valence-corrected chi connectivity index (χ3v) is 1.53. The summed E-state index contributed by atoms with van der Waals surface area (Å²) in [7, 11) is 0. The molecule has 11 heavy (non-hydrogen) atoms. The largest absolute Gasteiger partial charge is 0.299 e. The van der Waals surface area contributed by atoms with Crippen molar-refractivity contribution in [1.29, 1.82) is 0 Å². The number of carbonyl (C=O) groups is 1. The lowest BCUT2D eigenvalue weighted by Gasteiger charge is -2.18. The van der Waals surface area contributed by atoms with Crippen LogP contribution in [0.15, 0.2) is 0 Å². The monoisotopic (exact) mass is 160 g/mol. The van der Waals surface area contributed by atoms with Gasteiger partial charge in [-0.05, 0) is 32.9 Å². The number of carbonyl (C=O) groups excluding carboxylic acids is 1. The van der Waals surface area contributed by atoms with Crippen LogP contribution >= 0.6 is 0 Å². The first-order valence-corrected chi connectivity index (χ1v) is 4.42. The summed E-state index contributed by atoms with van der Waals surface area (Å²) in [6.07, 6.45) is 2.26. The maximum absolute atomic E-state index is 10.8. The molecule has 0 amide bonds. The minimum Gasteiger partial charge on any atom is -0.299 e. The second kappa shape index (κ2) is 6.35. The van der Waals surface area contributed by atoms with Gasteiger partial charge in [0.05, 0.1) is 6.54 Å². The highest BCUT2D eigenvalue weighted by Crippen LogP contribution is 1.93. The van der Waals surface area contributed by atoms with E-state index in [9.17, 15) is 4.79 Å². The average Bonchev–Trinajstić information content (AvgIpc) is 1.87. The van der Waals surface area contributed by atoms with E-state index in [-0.39, 0.29) is 5.78 Å². The van der Waals surface area contributed by atoms with Crippen LogP contribution in [-0.4, -0.2) is 30.3 Å². The SMILES string of the molecule is CCCN(CCC)[13CH2]C(C)=[18O]. The molecule has 0 N–H and O–H groups in total. The van der Waals surface area contributed by atoms with E-state index < -0.39 is 0 Å². The van der Waals surface area contributed by atoms with Crippen LogP contribution in [0.4, 0.5) is 0 Å². The third-order valence-electron chi connectivity index (χ3n) is 1.53. The van der Waals surface area contributed by atoms with E-state index in [2.05, 4.69) is 18.7 Å². The number of hydrogen-bond donors (Lipinski definition) is 0.